The maximum Gasteiger partial charge on any atom is 0.204 e. The summed E-state index contributed by atoms with van der Waals surface area (Å²) in [5, 5.41) is 6.88. The normalized spacial score (nSPS) is 10.1. The van der Waals surface area contributed by atoms with Gasteiger partial charge < -0.3 is 15.4 Å². The molecule has 6 heteroatoms. The first-order valence-electron chi connectivity index (χ1n) is 5.90. The summed E-state index contributed by atoms with van der Waals surface area (Å²) >= 11 is 6.11. The zero-order chi connectivity index (χ0) is 13.7. The van der Waals surface area contributed by atoms with Crippen molar-refractivity contribution < 1.29 is 4.74 Å². The summed E-state index contributed by atoms with van der Waals surface area (Å²) in [7, 11) is 1.58. The topological polar surface area (TPSA) is 59.1 Å². The molecule has 1 heterocycles. The molecule has 0 aliphatic rings. The van der Waals surface area contributed by atoms with E-state index in [1.165, 1.54) is 6.33 Å². The van der Waals surface area contributed by atoms with E-state index >= 15 is 0 Å². The van der Waals surface area contributed by atoms with Gasteiger partial charge in [-0.1, -0.05) is 23.7 Å². The molecule has 0 atom stereocenters. The minimum absolute atomic E-state index is 0.560. The average molecular weight is 279 g/mol. The van der Waals surface area contributed by atoms with Gasteiger partial charge in [-0.25, -0.2) is 9.97 Å². The van der Waals surface area contributed by atoms with Crippen LogP contribution < -0.4 is 15.4 Å². The number of para-hydroxylation sites is 1. The van der Waals surface area contributed by atoms with Crippen LogP contribution in [0.15, 0.2) is 30.6 Å². The number of anilines is 3. The van der Waals surface area contributed by atoms with Gasteiger partial charge in [0, 0.05) is 6.54 Å². The molecule has 2 rings (SSSR count). The molecule has 0 unspecified atom stereocenters. The number of hydrogen-bond acceptors (Lipinski definition) is 5. The predicted octanol–water partition coefficient (Wildman–Crippen LogP) is 3.31. The first-order chi connectivity index (χ1) is 9.26. The molecular formula is C13H15ClN4O. The Morgan fingerprint density at radius 2 is 1.95 bits per heavy atom. The summed E-state index contributed by atoms with van der Waals surface area (Å²) in [5.41, 5.74) is 0.767. The second-order valence-electron chi connectivity index (χ2n) is 3.74. The smallest absolute Gasteiger partial charge is 0.204 e. The second kappa shape index (κ2) is 6.24. The van der Waals surface area contributed by atoms with Gasteiger partial charge in [0.05, 0.1) is 17.8 Å². The van der Waals surface area contributed by atoms with Crippen molar-refractivity contribution in [2.24, 2.45) is 0 Å². The Kier molecular flexibility index (Phi) is 4.41. The van der Waals surface area contributed by atoms with E-state index in [-0.39, 0.29) is 0 Å². The van der Waals surface area contributed by atoms with Crippen LogP contribution in [-0.2, 0) is 0 Å². The lowest BCUT2D eigenvalue weighted by Crippen LogP contribution is -2.06. The third-order valence-electron chi connectivity index (χ3n) is 2.48. The highest BCUT2D eigenvalue weighted by molar-refractivity contribution is 6.33. The molecule has 0 radical (unpaired) electrons. The fourth-order valence-electron chi connectivity index (χ4n) is 1.64. The van der Waals surface area contributed by atoms with Crippen LogP contribution >= 0.6 is 11.6 Å². The lowest BCUT2D eigenvalue weighted by atomic mass is 10.3. The van der Waals surface area contributed by atoms with E-state index in [0.29, 0.717) is 22.4 Å². The van der Waals surface area contributed by atoms with Crippen LogP contribution in [0.1, 0.15) is 6.92 Å². The van der Waals surface area contributed by atoms with Gasteiger partial charge in [-0.05, 0) is 19.1 Å². The van der Waals surface area contributed by atoms with Crippen LogP contribution in [0.2, 0.25) is 5.02 Å². The largest absolute Gasteiger partial charge is 0.490 e. The number of benzene rings is 1. The molecule has 0 aliphatic heterocycles. The minimum atomic E-state index is 0.560. The van der Waals surface area contributed by atoms with Gasteiger partial charge in [-0.2, -0.15) is 0 Å². The number of halogens is 1. The molecule has 0 amide bonds. The van der Waals surface area contributed by atoms with Crippen molar-refractivity contribution in [1.82, 2.24) is 9.97 Å². The highest BCUT2D eigenvalue weighted by atomic mass is 35.5. The molecule has 0 fully saturated rings. The summed E-state index contributed by atoms with van der Waals surface area (Å²) < 4.78 is 5.35. The number of methoxy groups -OCH3 is 1. The molecule has 1 aromatic carbocycles. The summed E-state index contributed by atoms with van der Waals surface area (Å²) in [4.78, 5) is 8.33. The van der Waals surface area contributed by atoms with Crippen molar-refractivity contribution in [2.45, 2.75) is 6.92 Å². The maximum atomic E-state index is 6.11. The number of hydrogen-bond donors (Lipinski definition) is 2. The first-order valence-corrected chi connectivity index (χ1v) is 6.28. The van der Waals surface area contributed by atoms with Crippen LogP contribution in [0.5, 0.6) is 5.75 Å². The summed E-state index contributed by atoms with van der Waals surface area (Å²) in [6, 6.07) is 7.45. The van der Waals surface area contributed by atoms with Gasteiger partial charge in [-0.15, -0.1) is 0 Å². The maximum absolute atomic E-state index is 6.11. The average Bonchev–Trinajstić information content (AvgIpc) is 2.42. The Hall–Kier alpha value is -2.01. The molecule has 0 spiro atoms. The van der Waals surface area contributed by atoms with Gasteiger partial charge in [-0.3, -0.25) is 0 Å². The molecule has 19 heavy (non-hydrogen) atoms. The van der Waals surface area contributed by atoms with E-state index in [4.69, 9.17) is 16.3 Å². The van der Waals surface area contributed by atoms with E-state index in [9.17, 15) is 0 Å². The SMILES string of the molecule is CCNc1ncnc(Nc2ccccc2Cl)c1OC. The third kappa shape index (κ3) is 3.06. The van der Waals surface area contributed by atoms with Crippen molar-refractivity contribution in [3.63, 3.8) is 0 Å². The molecule has 0 bridgehead atoms. The number of nitrogens with zero attached hydrogens (tertiary/aromatic N) is 2. The molecule has 100 valence electrons. The van der Waals surface area contributed by atoms with Gasteiger partial charge >= 0.3 is 0 Å². The summed E-state index contributed by atoms with van der Waals surface area (Å²) in [5.74, 6) is 1.78. The van der Waals surface area contributed by atoms with E-state index in [1.807, 2.05) is 31.2 Å². The summed E-state index contributed by atoms with van der Waals surface area (Å²) in [6.07, 6.45) is 1.47. The van der Waals surface area contributed by atoms with E-state index < -0.39 is 0 Å². The number of ether oxygens (including phenoxy) is 1. The van der Waals surface area contributed by atoms with Crippen LogP contribution in [0, 0.1) is 0 Å². The molecule has 1 aromatic heterocycles. The quantitative estimate of drug-likeness (QED) is 0.879. The highest BCUT2D eigenvalue weighted by Crippen LogP contribution is 2.33. The van der Waals surface area contributed by atoms with Gasteiger partial charge in [0.15, 0.2) is 11.6 Å². The monoisotopic (exact) mass is 278 g/mol. The predicted molar refractivity (Wildman–Crippen MR) is 77.5 cm³/mol. The van der Waals surface area contributed by atoms with Crippen LogP contribution in [-0.4, -0.2) is 23.6 Å². The van der Waals surface area contributed by atoms with Gasteiger partial charge in [0.25, 0.3) is 0 Å². The fourth-order valence-corrected chi connectivity index (χ4v) is 1.82. The van der Waals surface area contributed by atoms with Gasteiger partial charge in [0.1, 0.15) is 6.33 Å². The Morgan fingerprint density at radius 1 is 1.21 bits per heavy atom. The Bertz CT molecular complexity index is 562. The molecule has 2 aromatic rings. The zero-order valence-corrected chi connectivity index (χ0v) is 11.5. The number of rotatable bonds is 5. The third-order valence-corrected chi connectivity index (χ3v) is 2.81. The van der Waals surface area contributed by atoms with Crippen molar-refractivity contribution in [2.75, 3.05) is 24.3 Å². The van der Waals surface area contributed by atoms with E-state index in [0.717, 1.165) is 12.2 Å². The van der Waals surface area contributed by atoms with Crippen LogP contribution in [0.3, 0.4) is 0 Å². The van der Waals surface area contributed by atoms with E-state index in [2.05, 4.69) is 20.6 Å². The lowest BCUT2D eigenvalue weighted by Gasteiger charge is -2.14. The molecule has 0 saturated heterocycles. The molecule has 0 saturated carbocycles. The van der Waals surface area contributed by atoms with Crippen LogP contribution in [0.25, 0.3) is 0 Å². The molecular weight excluding hydrogens is 264 g/mol. The Balaban J connectivity index is 2.35. The Morgan fingerprint density at radius 3 is 2.63 bits per heavy atom. The number of nitrogens with one attached hydrogen (secondary N) is 2. The first kappa shape index (κ1) is 13.4. The van der Waals surface area contributed by atoms with Crippen LogP contribution in [0.4, 0.5) is 17.3 Å². The second-order valence-corrected chi connectivity index (χ2v) is 4.15. The van der Waals surface area contributed by atoms with E-state index in [1.54, 1.807) is 7.11 Å². The Labute approximate surface area is 117 Å². The molecule has 0 aliphatic carbocycles. The zero-order valence-electron chi connectivity index (χ0n) is 10.8. The fraction of sp³-hybridized carbons (Fsp3) is 0.231. The highest BCUT2D eigenvalue weighted by Gasteiger charge is 2.12. The van der Waals surface area contributed by atoms with Crippen molar-refractivity contribution in [3.05, 3.63) is 35.6 Å². The van der Waals surface area contributed by atoms with Crippen molar-refractivity contribution in [3.8, 4) is 5.75 Å². The standard InChI is InChI=1S/C13H15ClN4O/c1-3-15-12-11(19-2)13(17-8-16-12)18-10-7-5-4-6-9(10)14/h4-8H,3H2,1-2H3,(H2,15,16,17,18). The molecule has 2 N–H and O–H groups in total. The summed E-state index contributed by atoms with van der Waals surface area (Å²) in [6.45, 7) is 2.74. The van der Waals surface area contributed by atoms with Crippen molar-refractivity contribution in [1.29, 1.82) is 0 Å². The molecule has 5 nitrogen and oxygen atoms in total. The minimum Gasteiger partial charge on any atom is -0.490 e. The lowest BCUT2D eigenvalue weighted by molar-refractivity contribution is 0.415. The van der Waals surface area contributed by atoms with Crippen molar-refractivity contribution >= 4 is 28.9 Å². The van der Waals surface area contributed by atoms with Gasteiger partial charge in [0.2, 0.25) is 5.75 Å². The number of aromatic nitrogens is 2.